The van der Waals surface area contributed by atoms with Gasteiger partial charge in [0.25, 0.3) is 0 Å². The van der Waals surface area contributed by atoms with E-state index in [0.717, 1.165) is 32.4 Å². The number of thiophene rings is 1. The van der Waals surface area contributed by atoms with Crippen molar-refractivity contribution in [3.05, 3.63) is 57.3 Å². The van der Waals surface area contributed by atoms with Crippen molar-refractivity contribution in [2.24, 2.45) is 0 Å². The molecule has 1 fully saturated rings. The number of carbonyl (C=O) groups is 1. The van der Waals surface area contributed by atoms with E-state index in [-0.39, 0.29) is 5.54 Å². The monoisotopic (exact) mass is 341 g/mol. The van der Waals surface area contributed by atoms with Gasteiger partial charge in [-0.3, -0.25) is 4.90 Å². The molecule has 24 heavy (non-hydrogen) atoms. The van der Waals surface area contributed by atoms with Gasteiger partial charge in [-0.15, -0.1) is 11.3 Å². The van der Waals surface area contributed by atoms with Crippen LogP contribution in [0.4, 0.5) is 0 Å². The Kier molecular flexibility index (Phi) is 4.19. The van der Waals surface area contributed by atoms with Gasteiger partial charge in [0.2, 0.25) is 0 Å². The van der Waals surface area contributed by atoms with Crippen LogP contribution in [0.3, 0.4) is 0 Å². The lowest BCUT2D eigenvalue weighted by molar-refractivity contribution is 0.0507. The normalized spacial score (nSPS) is 24.5. The Morgan fingerprint density at radius 3 is 2.58 bits per heavy atom. The van der Waals surface area contributed by atoms with Gasteiger partial charge >= 0.3 is 5.97 Å². The standard InChI is InChI=1S/C20H23NO2S/c22-19(23)18-13-15-14-20(10-9-17(15)24-18,16-7-3-1-4-8-16)21-11-5-2-6-12-21/h1,3-4,7-8,13H,2,5-6,9-12,14H2,(H,22,23). The average Bonchev–Trinajstić information content (AvgIpc) is 3.06. The van der Waals surface area contributed by atoms with Crippen LogP contribution >= 0.6 is 11.3 Å². The van der Waals surface area contributed by atoms with Gasteiger partial charge in [-0.25, -0.2) is 4.79 Å². The summed E-state index contributed by atoms with van der Waals surface area (Å²) in [6.07, 6.45) is 6.88. The first-order valence-electron chi connectivity index (χ1n) is 8.84. The molecule has 4 heteroatoms. The maximum absolute atomic E-state index is 11.4. The molecule has 4 rings (SSSR count). The molecular weight excluding hydrogens is 318 g/mol. The highest BCUT2D eigenvalue weighted by Crippen LogP contribution is 2.44. The number of aromatic carboxylic acids is 1. The summed E-state index contributed by atoms with van der Waals surface area (Å²) in [4.78, 5) is 15.8. The third kappa shape index (κ3) is 2.68. The fourth-order valence-electron chi connectivity index (χ4n) is 4.43. The van der Waals surface area contributed by atoms with Gasteiger partial charge in [-0.05, 0) is 62.4 Å². The van der Waals surface area contributed by atoms with Crippen molar-refractivity contribution >= 4 is 17.3 Å². The summed E-state index contributed by atoms with van der Waals surface area (Å²) in [6, 6.07) is 12.8. The zero-order chi connectivity index (χ0) is 16.6. The van der Waals surface area contributed by atoms with E-state index in [0.29, 0.717) is 4.88 Å². The predicted octanol–water partition coefficient (Wildman–Crippen LogP) is 4.32. The van der Waals surface area contributed by atoms with Gasteiger partial charge in [0, 0.05) is 4.88 Å². The van der Waals surface area contributed by atoms with Crippen LogP contribution in [0.25, 0.3) is 0 Å². The highest BCUT2D eigenvalue weighted by atomic mass is 32.1. The minimum Gasteiger partial charge on any atom is -0.477 e. The average molecular weight is 341 g/mol. The van der Waals surface area contributed by atoms with E-state index in [1.54, 1.807) is 0 Å². The molecular formula is C20H23NO2S. The molecule has 1 aromatic carbocycles. The molecule has 0 saturated carbocycles. The van der Waals surface area contributed by atoms with Crippen LogP contribution in [0.1, 0.15) is 51.4 Å². The minimum atomic E-state index is -0.794. The molecule has 1 aliphatic heterocycles. The van der Waals surface area contributed by atoms with E-state index in [1.807, 2.05) is 6.07 Å². The van der Waals surface area contributed by atoms with E-state index in [1.165, 1.54) is 46.6 Å². The van der Waals surface area contributed by atoms with Gasteiger partial charge in [0.1, 0.15) is 4.88 Å². The van der Waals surface area contributed by atoms with Crippen molar-refractivity contribution in [2.75, 3.05) is 13.1 Å². The smallest absolute Gasteiger partial charge is 0.345 e. The first-order valence-corrected chi connectivity index (χ1v) is 9.66. The fraction of sp³-hybridized carbons (Fsp3) is 0.450. The summed E-state index contributed by atoms with van der Waals surface area (Å²) >= 11 is 1.47. The van der Waals surface area contributed by atoms with Crippen LogP contribution in [-0.2, 0) is 18.4 Å². The highest BCUT2D eigenvalue weighted by molar-refractivity contribution is 7.14. The van der Waals surface area contributed by atoms with Gasteiger partial charge in [-0.1, -0.05) is 36.8 Å². The molecule has 1 unspecified atom stereocenters. The number of benzene rings is 1. The molecule has 3 nitrogen and oxygen atoms in total. The molecule has 2 heterocycles. The van der Waals surface area contributed by atoms with Crippen molar-refractivity contribution in [2.45, 2.75) is 44.1 Å². The van der Waals surface area contributed by atoms with Crippen molar-refractivity contribution in [1.82, 2.24) is 4.90 Å². The molecule has 1 saturated heterocycles. The lowest BCUT2D eigenvalue weighted by Crippen LogP contribution is -2.51. The molecule has 1 aromatic heterocycles. The lowest BCUT2D eigenvalue weighted by Gasteiger charge is -2.48. The van der Waals surface area contributed by atoms with Gasteiger partial charge < -0.3 is 5.11 Å². The maximum atomic E-state index is 11.4. The van der Waals surface area contributed by atoms with E-state index < -0.39 is 5.97 Å². The number of hydrogen-bond acceptors (Lipinski definition) is 3. The summed E-state index contributed by atoms with van der Waals surface area (Å²) < 4.78 is 0. The lowest BCUT2D eigenvalue weighted by atomic mass is 9.74. The van der Waals surface area contributed by atoms with Crippen molar-refractivity contribution in [3.8, 4) is 0 Å². The van der Waals surface area contributed by atoms with Crippen molar-refractivity contribution in [3.63, 3.8) is 0 Å². The quantitative estimate of drug-likeness (QED) is 0.904. The number of piperidine rings is 1. The van der Waals surface area contributed by atoms with E-state index in [9.17, 15) is 9.90 Å². The summed E-state index contributed by atoms with van der Waals surface area (Å²) in [6.45, 7) is 2.31. The van der Waals surface area contributed by atoms with Crippen LogP contribution in [-0.4, -0.2) is 29.1 Å². The number of rotatable bonds is 3. The van der Waals surface area contributed by atoms with E-state index in [2.05, 4.69) is 35.2 Å². The van der Waals surface area contributed by atoms with Crippen molar-refractivity contribution < 1.29 is 9.90 Å². The number of likely N-dealkylation sites (tertiary alicyclic amines) is 1. The van der Waals surface area contributed by atoms with Crippen LogP contribution in [0, 0.1) is 0 Å². The molecule has 1 aliphatic carbocycles. The number of hydrogen-bond donors (Lipinski definition) is 1. The molecule has 2 aliphatic rings. The first kappa shape index (κ1) is 15.9. The number of carboxylic acids is 1. The summed E-state index contributed by atoms with van der Waals surface area (Å²) in [5, 5.41) is 9.33. The van der Waals surface area contributed by atoms with Crippen LogP contribution in [0.15, 0.2) is 36.4 Å². The van der Waals surface area contributed by atoms with Gasteiger partial charge in [0.05, 0.1) is 5.54 Å². The zero-order valence-corrected chi connectivity index (χ0v) is 14.6. The summed E-state index contributed by atoms with van der Waals surface area (Å²) in [5.74, 6) is -0.794. The van der Waals surface area contributed by atoms with E-state index in [4.69, 9.17) is 0 Å². The molecule has 2 aromatic rings. The molecule has 0 bridgehead atoms. The first-order chi connectivity index (χ1) is 11.7. The number of aryl methyl sites for hydroxylation is 1. The fourth-order valence-corrected chi connectivity index (χ4v) is 5.45. The van der Waals surface area contributed by atoms with Crippen LogP contribution in [0.2, 0.25) is 0 Å². The van der Waals surface area contributed by atoms with Gasteiger partial charge in [-0.2, -0.15) is 0 Å². The summed E-state index contributed by atoms with van der Waals surface area (Å²) in [7, 11) is 0. The molecule has 126 valence electrons. The molecule has 0 amide bonds. The maximum Gasteiger partial charge on any atom is 0.345 e. The number of fused-ring (bicyclic) bond motifs is 1. The Labute approximate surface area is 146 Å². The van der Waals surface area contributed by atoms with Crippen LogP contribution in [0.5, 0.6) is 0 Å². The third-order valence-electron chi connectivity index (χ3n) is 5.63. The third-order valence-corrected chi connectivity index (χ3v) is 6.85. The Balaban J connectivity index is 1.75. The van der Waals surface area contributed by atoms with Gasteiger partial charge in [0.15, 0.2) is 0 Å². The highest BCUT2D eigenvalue weighted by Gasteiger charge is 2.42. The molecule has 0 radical (unpaired) electrons. The Morgan fingerprint density at radius 2 is 1.88 bits per heavy atom. The Morgan fingerprint density at radius 1 is 1.12 bits per heavy atom. The zero-order valence-electron chi connectivity index (χ0n) is 13.8. The predicted molar refractivity (Wildman–Crippen MR) is 96.8 cm³/mol. The van der Waals surface area contributed by atoms with Crippen molar-refractivity contribution in [1.29, 1.82) is 0 Å². The molecule has 1 N–H and O–H groups in total. The second kappa shape index (κ2) is 6.34. The second-order valence-electron chi connectivity index (χ2n) is 6.99. The van der Waals surface area contributed by atoms with E-state index >= 15 is 0 Å². The largest absolute Gasteiger partial charge is 0.477 e. The number of nitrogens with zero attached hydrogens (tertiary/aromatic N) is 1. The number of carboxylic acid groups (broad SMARTS) is 1. The molecule has 0 spiro atoms. The Bertz CT molecular complexity index is 733. The minimum absolute atomic E-state index is 0.0333. The summed E-state index contributed by atoms with van der Waals surface area (Å²) in [5.41, 5.74) is 2.67. The molecule has 1 atom stereocenters. The Hall–Kier alpha value is -1.65. The topological polar surface area (TPSA) is 40.5 Å². The second-order valence-corrected chi connectivity index (χ2v) is 8.12. The SMILES string of the molecule is O=C(O)c1cc2c(s1)CCC(c1ccccc1)(N1CCCCC1)C2. The van der Waals surface area contributed by atoms with Crippen LogP contribution < -0.4 is 0 Å².